The molecule has 0 saturated carbocycles. The van der Waals surface area contributed by atoms with E-state index in [1.165, 1.54) is 21.7 Å². The van der Waals surface area contributed by atoms with Gasteiger partial charge in [0.25, 0.3) is 0 Å². The first-order valence-corrected chi connectivity index (χ1v) is 12.9. The van der Waals surface area contributed by atoms with Crippen LogP contribution in [0.25, 0.3) is 0 Å². The Morgan fingerprint density at radius 1 is 0.688 bits per heavy atom. The summed E-state index contributed by atoms with van der Waals surface area (Å²) >= 11 is 0. The number of hydrogen-bond acceptors (Lipinski definition) is 4. The summed E-state index contributed by atoms with van der Waals surface area (Å²) in [5.74, 6) is 1.89. The molecular weight excluding hydrogens is 419 g/mol. The van der Waals surface area contributed by atoms with Crippen molar-refractivity contribution >= 4 is 18.5 Å². The van der Waals surface area contributed by atoms with Gasteiger partial charge in [0.05, 0.1) is 0 Å². The molecule has 0 atom stereocenters. The van der Waals surface area contributed by atoms with Gasteiger partial charge < -0.3 is 18.9 Å². The minimum absolute atomic E-state index is 0.0467. The Morgan fingerprint density at radius 2 is 1.09 bits per heavy atom. The van der Waals surface area contributed by atoms with Crippen LogP contribution >= 0.6 is 7.92 Å². The van der Waals surface area contributed by atoms with Crippen molar-refractivity contribution in [3.05, 3.63) is 47.5 Å². The lowest BCUT2D eigenvalue weighted by Gasteiger charge is -2.30. The topological polar surface area (TPSA) is 36.9 Å². The Kier molecular flexibility index (Phi) is 9.57. The number of methoxy groups -OCH3 is 2. The fourth-order valence-corrected chi connectivity index (χ4v) is 6.37. The highest BCUT2D eigenvalue weighted by molar-refractivity contribution is 7.73. The molecule has 4 nitrogen and oxygen atoms in total. The highest BCUT2D eigenvalue weighted by Crippen LogP contribution is 2.45. The highest BCUT2D eigenvalue weighted by atomic mass is 31.1. The van der Waals surface area contributed by atoms with Gasteiger partial charge in [0, 0.05) is 36.0 Å². The van der Waals surface area contributed by atoms with E-state index in [1.807, 2.05) is 0 Å². The van der Waals surface area contributed by atoms with E-state index in [0.717, 1.165) is 24.1 Å². The van der Waals surface area contributed by atoms with Crippen molar-refractivity contribution in [3.63, 3.8) is 0 Å². The molecule has 178 valence electrons. The fourth-order valence-electron chi connectivity index (χ4n) is 3.79. The van der Waals surface area contributed by atoms with Gasteiger partial charge in [0.15, 0.2) is 13.6 Å². The van der Waals surface area contributed by atoms with Crippen molar-refractivity contribution in [2.24, 2.45) is 0 Å². The molecule has 0 spiro atoms. The summed E-state index contributed by atoms with van der Waals surface area (Å²) in [6.07, 6.45) is 2.11. The van der Waals surface area contributed by atoms with Crippen LogP contribution in [0.5, 0.6) is 11.5 Å². The summed E-state index contributed by atoms with van der Waals surface area (Å²) in [6.45, 7) is 16.0. The second kappa shape index (κ2) is 11.5. The van der Waals surface area contributed by atoms with Crippen LogP contribution in [0.4, 0.5) is 0 Å². The second-order valence-electron chi connectivity index (χ2n) is 10.1. The quantitative estimate of drug-likeness (QED) is 0.318. The minimum atomic E-state index is -0.714. The molecule has 2 aromatic carbocycles. The minimum Gasteiger partial charge on any atom is -0.467 e. The predicted molar refractivity (Wildman–Crippen MR) is 137 cm³/mol. The molecule has 2 aromatic rings. The van der Waals surface area contributed by atoms with Gasteiger partial charge in [-0.1, -0.05) is 91.3 Å². The number of para-hydroxylation sites is 2. The van der Waals surface area contributed by atoms with E-state index in [9.17, 15) is 0 Å². The molecule has 0 fully saturated rings. The normalized spacial score (nSPS) is 12.3. The van der Waals surface area contributed by atoms with Crippen molar-refractivity contribution in [2.45, 2.75) is 65.7 Å². The Hall–Kier alpha value is -1.61. The van der Waals surface area contributed by atoms with Crippen LogP contribution in [0, 0.1) is 0 Å². The summed E-state index contributed by atoms with van der Waals surface area (Å²) in [7, 11) is 2.62. The first kappa shape index (κ1) is 26.6. The lowest BCUT2D eigenvalue weighted by atomic mass is 9.86. The van der Waals surface area contributed by atoms with Crippen LogP contribution < -0.4 is 20.1 Å². The van der Waals surface area contributed by atoms with E-state index in [0.29, 0.717) is 0 Å². The van der Waals surface area contributed by atoms with E-state index in [2.05, 4.69) is 84.9 Å². The molecule has 0 aliphatic carbocycles. The average Bonchev–Trinajstić information content (AvgIpc) is 2.73. The average molecular weight is 461 g/mol. The SMILES string of the molecule is CCCP(c1cccc(C(C)(C)C)c1OCOC)c1cccc(C(C)(C)C)c1OCOC. The smallest absolute Gasteiger partial charge is 0.188 e. The lowest BCUT2D eigenvalue weighted by Crippen LogP contribution is -2.25. The second-order valence-corrected chi connectivity index (χ2v) is 12.3. The molecule has 0 saturated heterocycles. The fraction of sp³-hybridized carbons (Fsp3) is 0.556. The van der Waals surface area contributed by atoms with E-state index >= 15 is 0 Å². The Labute approximate surface area is 196 Å². The standard InChI is InChI=1S/C27H41O4P/c1-10-17-32(22-15-11-13-20(26(2,3)4)24(22)30-18-28-8)23-16-12-14-21(27(5,6)7)25(23)31-19-29-9/h11-16H,10,17-19H2,1-9H3. The molecule has 5 heteroatoms. The first-order valence-electron chi connectivity index (χ1n) is 11.3. The zero-order chi connectivity index (χ0) is 23.9. The monoisotopic (exact) mass is 460 g/mol. The zero-order valence-electron chi connectivity index (χ0n) is 21.4. The van der Waals surface area contributed by atoms with Crippen LogP contribution in [0.1, 0.15) is 66.0 Å². The molecule has 0 bridgehead atoms. The largest absolute Gasteiger partial charge is 0.467 e. The maximum Gasteiger partial charge on any atom is 0.188 e. The third-order valence-corrected chi connectivity index (χ3v) is 8.04. The zero-order valence-corrected chi connectivity index (χ0v) is 22.3. The Balaban J connectivity index is 2.77. The van der Waals surface area contributed by atoms with Crippen molar-refractivity contribution in [2.75, 3.05) is 34.0 Å². The predicted octanol–water partition coefficient (Wildman–Crippen LogP) is 6.09. The molecule has 0 amide bonds. The summed E-state index contributed by atoms with van der Waals surface area (Å²) < 4.78 is 23.1. The van der Waals surface area contributed by atoms with Gasteiger partial charge in [0.1, 0.15) is 11.5 Å². The van der Waals surface area contributed by atoms with Gasteiger partial charge >= 0.3 is 0 Å². The van der Waals surface area contributed by atoms with Crippen LogP contribution in [0.2, 0.25) is 0 Å². The lowest BCUT2D eigenvalue weighted by molar-refractivity contribution is 0.0506. The maximum atomic E-state index is 6.24. The van der Waals surface area contributed by atoms with Crippen LogP contribution in [0.3, 0.4) is 0 Å². The summed E-state index contributed by atoms with van der Waals surface area (Å²) in [6, 6.07) is 13.1. The summed E-state index contributed by atoms with van der Waals surface area (Å²) in [4.78, 5) is 0. The Bertz CT molecular complexity index is 795. The van der Waals surface area contributed by atoms with Crippen molar-refractivity contribution in [1.82, 2.24) is 0 Å². The van der Waals surface area contributed by atoms with Gasteiger partial charge in [-0.25, -0.2) is 0 Å². The molecule has 0 heterocycles. The maximum absolute atomic E-state index is 6.24. The molecule has 0 unspecified atom stereocenters. The molecule has 0 aromatic heterocycles. The van der Waals surface area contributed by atoms with Crippen molar-refractivity contribution in [1.29, 1.82) is 0 Å². The highest BCUT2D eigenvalue weighted by Gasteiger charge is 2.29. The van der Waals surface area contributed by atoms with Crippen LogP contribution in [-0.4, -0.2) is 34.0 Å². The Morgan fingerprint density at radius 3 is 1.41 bits per heavy atom. The third-order valence-electron chi connectivity index (χ3n) is 5.28. The molecule has 0 aliphatic rings. The van der Waals surface area contributed by atoms with Crippen LogP contribution in [-0.2, 0) is 20.3 Å². The van der Waals surface area contributed by atoms with Gasteiger partial charge in [0.2, 0.25) is 0 Å². The van der Waals surface area contributed by atoms with E-state index in [4.69, 9.17) is 18.9 Å². The van der Waals surface area contributed by atoms with Crippen molar-refractivity contribution < 1.29 is 18.9 Å². The van der Waals surface area contributed by atoms with Gasteiger partial charge in [-0.2, -0.15) is 0 Å². The third kappa shape index (κ3) is 6.47. The van der Waals surface area contributed by atoms with Gasteiger partial charge in [-0.15, -0.1) is 0 Å². The number of ether oxygens (including phenoxy) is 4. The molecular formula is C27H41O4P. The van der Waals surface area contributed by atoms with Gasteiger partial charge in [-0.05, 0) is 24.9 Å². The molecule has 0 aliphatic heterocycles. The number of rotatable bonds is 10. The molecule has 0 N–H and O–H groups in total. The molecule has 0 radical (unpaired) electrons. The van der Waals surface area contributed by atoms with E-state index < -0.39 is 7.92 Å². The first-order chi connectivity index (χ1) is 15.1. The summed E-state index contributed by atoms with van der Waals surface area (Å²) in [5.41, 5.74) is 2.30. The van der Waals surface area contributed by atoms with Crippen LogP contribution in [0.15, 0.2) is 36.4 Å². The number of hydrogen-bond donors (Lipinski definition) is 0. The summed E-state index contributed by atoms with van der Waals surface area (Å²) in [5, 5.41) is 2.47. The van der Waals surface area contributed by atoms with E-state index in [-0.39, 0.29) is 24.4 Å². The number of benzene rings is 2. The van der Waals surface area contributed by atoms with E-state index in [1.54, 1.807) is 14.2 Å². The van der Waals surface area contributed by atoms with Gasteiger partial charge in [-0.3, -0.25) is 0 Å². The molecule has 32 heavy (non-hydrogen) atoms. The molecule has 2 rings (SSSR count). The van der Waals surface area contributed by atoms with Crippen molar-refractivity contribution in [3.8, 4) is 11.5 Å².